The van der Waals surface area contributed by atoms with E-state index in [9.17, 15) is 18.0 Å². The predicted octanol–water partition coefficient (Wildman–Crippen LogP) is 6.45. The molecule has 1 N–H and O–H groups in total. The number of fused-ring (bicyclic) bond motifs is 1. The Morgan fingerprint density at radius 1 is 0.955 bits per heavy atom. The molecule has 1 saturated heterocycles. The highest BCUT2D eigenvalue weighted by atomic mass is 19.4. The molecule has 2 aromatic carbocycles. The van der Waals surface area contributed by atoms with E-state index in [4.69, 9.17) is 9.72 Å². The molecule has 0 bridgehead atoms. The van der Waals surface area contributed by atoms with Crippen LogP contribution in [0, 0.1) is 0 Å². The van der Waals surface area contributed by atoms with Gasteiger partial charge in [0.05, 0.1) is 16.6 Å². The Labute approximate surface area is 252 Å². The fourth-order valence-electron chi connectivity index (χ4n) is 5.29. The fourth-order valence-corrected chi connectivity index (χ4v) is 5.29. The molecule has 1 fully saturated rings. The van der Waals surface area contributed by atoms with Gasteiger partial charge in [0.2, 0.25) is 0 Å². The van der Waals surface area contributed by atoms with Gasteiger partial charge in [-0.05, 0) is 61.1 Å². The van der Waals surface area contributed by atoms with Gasteiger partial charge in [-0.2, -0.15) is 13.2 Å². The molecule has 4 heterocycles. The number of benzene rings is 2. The molecule has 1 aliphatic rings. The van der Waals surface area contributed by atoms with Gasteiger partial charge >= 0.3 is 6.18 Å². The second-order valence-corrected chi connectivity index (χ2v) is 10.9. The first kappa shape index (κ1) is 29.3. The molecule has 0 aliphatic carbocycles. The number of hydrogen-bond acceptors (Lipinski definition) is 6. The molecular formula is C33H31F3N6O2. The largest absolute Gasteiger partial charge is 0.456 e. The molecular weight excluding hydrogens is 569 g/mol. The lowest BCUT2D eigenvalue weighted by atomic mass is 10.0. The van der Waals surface area contributed by atoms with E-state index in [0.717, 1.165) is 35.8 Å². The Balaban J connectivity index is 1.22. The Hall–Kier alpha value is -4.74. The lowest BCUT2D eigenvalue weighted by Gasteiger charge is -2.33. The van der Waals surface area contributed by atoms with Crippen LogP contribution in [0.2, 0.25) is 0 Å². The second-order valence-electron chi connectivity index (χ2n) is 10.9. The number of aryl methyl sites for hydroxylation is 1. The van der Waals surface area contributed by atoms with Gasteiger partial charge in [-0.3, -0.25) is 14.7 Å². The zero-order valence-corrected chi connectivity index (χ0v) is 24.3. The van der Waals surface area contributed by atoms with E-state index in [1.165, 1.54) is 12.1 Å². The lowest BCUT2D eigenvalue weighted by molar-refractivity contribution is -0.138. The van der Waals surface area contributed by atoms with Crippen molar-refractivity contribution in [2.24, 2.45) is 7.05 Å². The zero-order chi connectivity index (χ0) is 30.8. The van der Waals surface area contributed by atoms with E-state index in [2.05, 4.69) is 15.2 Å². The minimum atomic E-state index is -4.56. The molecule has 0 radical (unpaired) electrons. The van der Waals surface area contributed by atoms with Crippen LogP contribution in [-0.4, -0.2) is 63.5 Å². The van der Waals surface area contributed by atoms with Crippen LogP contribution < -0.4 is 10.1 Å². The number of nitrogens with zero attached hydrogens (tertiary/aromatic N) is 5. The summed E-state index contributed by atoms with van der Waals surface area (Å²) >= 11 is 0. The second kappa shape index (κ2) is 12.1. The maximum Gasteiger partial charge on any atom is 0.416 e. The van der Waals surface area contributed by atoms with Crippen LogP contribution in [0.1, 0.15) is 21.5 Å². The molecule has 3 aromatic heterocycles. The molecule has 1 amide bonds. The van der Waals surface area contributed by atoms with Crippen molar-refractivity contribution in [2.75, 3.05) is 38.5 Å². The summed E-state index contributed by atoms with van der Waals surface area (Å²) in [6, 6.07) is 17.9. The van der Waals surface area contributed by atoms with Crippen LogP contribution in [-0.2, 0) is 19.8 Å². The lowest BCUT2D eigenvalue weighted by Crippen LogP contribution is -2.44. The zero-order valence-electron chi connectivity index (χ0n) is 24.3. The third-order valence-corrected chi connectivity index (χ3v) is 7.76. The van der Waals surface area contributed by atoms with Crippen molar-refractivity contribution in [3.63, 3.8) is 0 Å². The number of pyridine rings is 2. The first-order valence-electron chi connectivity index (χ1n) is 14.2. The molecule has 6 rings (SSSR count). The van der Waals surface area contributed by atoms with Crippen LogP contribution in [0.3, 0.4) is 0 Å². The van der Waals surface area contributed by atoms with Crippen molar-refractivity contribution in [3.05, 3.63) is 102 Å². The molecule has 44 heavy (non-hydrogen) atoms. The van der Waals surface area contributed by atoms with E-state index in [0.29, 0.717) is 30.3 Å². The summed E-state index contributed by atoms with van der Waals surface area (Å²) in [5.74, 6) is 0.395. The highest BCUT2D eigenvalue weighted by Gasteiger charge is 2.34. The van der Waals surface area contributed by atoms with Crippen LogP contribution in [0.25, 0.3) is 22.3 Å². The minimum Gasteiger partial charge on any atom is -0.456 e. The smallest absolute Gasteiger partial charge is 0.416 e. The maximum absolute atomic E-state index is 14.0. The molecule has 5 aromatic rings. The molecule has 0 unspecified atom stereocenters. The van der Waals surface area contributed by atoms with Crippen LogP contribution >= 0.6 is 0 Å². The topological polar surface area (TPSA) is 75.5 Å². The summed E-state index contributed by atoms with van der Waals surface area (Å²) in [4.78, 5) is 26.2. The monoisotopic (exact) mass is 600 g/mol. The average Bonchev–Trinajstić information content (AvgIpc) is 3.39. The van der Waals surface area contributed by atoms with Gasteiger partial charge in [-0.25, -0.2) is 4.98 Å². The van der Waals surface area contributed by atoms with Crippen molar-refractivity contribution in [1.29, 1.82) is 0 Å². The van der Waals surface area contributed by atoms with Crippen LogP contribution in [0.5, 0.6) is 11.5 Å². The number of alkyl halides is 3. The number of nitrogens with one attached hydrogen (secondary N) is 1. The Kier molecular flexibility index (Phi) is 8.07. The van der Waals surface area contributed by atoms with Crippen LogP contribution in [0.15, 0.2) is 85.3 Å². The highest BCUT2D eigenvalue weighted by molar-refractivity contribution is 6.04. The summed E-state index contributed by atoms with van der Waals surface area (Å²) in [5.41, 5.74) is 2.03. The first-order valence-corrected chi connectivity index (χ1v) is 14.2. The van der Waals surface area contributed by atoms with Gasteiger partial charge < -0.3 is 19.5 Å². The number of aromatic nitrogens is 3. The van der Waals surface area contributed by atoms with E-state index >= 15 is 0 Å². The number of anilines is 1. The number of rotatable bonds is 7. The van der Waals surface area contributed by atoms with Crippen molar-refractivity contribution >= 4 is 22.6 Å². The van der Waals surface area contributed by atoms with E-state index in [-0.39, 0.29) is 23.4 Å². The van der Waals surface area contributed by atoms with Crippen molar-refractivity contribution < 1.29 is 22.7 Å². The average molecular weight is 601 g/mol. The summed E-state index contributed by atoms with van der Waals surface area (Å²) in [5, 5.41) is 3.42. The van der Waals surface area contributed by atoms with Crippen molar-refractivity contribution in [1.82, 2.24) is 24.3 Å². The Morgan fingerprint density at radius 3 is 2.48 bits per heavy atom. The number of likely N-dealkylation sites (N-methyl/N-ethyl adjacent to an activating group) is 1. The molecule has 226 valence electrons. The van der Waals surface area contributed by atoms with Gasteiger partial charge in [-0.15, -0.1) is 0 Å². The van der Waals surface area contributed by atoms with Gasteiger partial charge in [-0.1, -0.05) is 12.1 Å². The quantitative estimate of drug-likeness (QED) is 0.232. The number of carbonyl (C=O) groups is 1. The van der Waals surface area contributed by atoms with Gasteiger partial charge in [0, 0.05) is 81.2 Å². The predicted molar refractivity (Wildman–Crippen MR) is 163 cm³/mol. The Morgan fingerprint density at radius 2 is 1.73 bits per heavy atom. The summed E-state index contributed by atoms with van der Waals surface area (Å²) in [6.45, 7) is 3.21. The van der Waals surface area contributed by atoms with Crippen LogP contribution in [0.4, 0.5) is 18.9 Å². The standard InChI is InChI=1S/C33H31F3N6O2/c1-40-14-16-42(17-15-40)21-24-6-7-25(19-28(24)33(34,35)36)38-32(43)23-4-3-5-26(18-23)44-30-20-29(22-8-11-37-12-9-22)39-31-27(30)10-13-41(31)2/h3-13,18-20H,14-17,21H2,1-2H3,(H,38,43). The number of carbonyl (C=O) groups excluding carboxylic acids is 1. The Bertz CT molecular complexity index is 1800. The van der Waals surface area contributed by atoms with Crippen molar-refractivity contribution in [2.45, 2.75) is 12.7 Å². The third kappa shape index (κ3) is 6.43. The van der Waals surface area contributed by atoms with E-state index < -0.39 is 17.6 Å². The summed E-state index contributed by atoms with van der Waals surface area (Å²) in [7, 11) is 3.89. The van der Waals surface area contributed by atoms with E-state index in [1.807, 2.05) is 54.0 Å². The summed E-state index contributed by atoms with van der Waals surface area (Å²) in [6.07, 6.45) is 0.705. The fraction of sp³-hybridized carbons (Fsp3) is 0.242. The van der Waals surface area contributed by atoms with Crippen molar-refractivity contribution in [3.8, 4) is 22.8 Å². The van der Waals surface area contributed by atoms with Gasteiger partial charge in [0.25, 0.3) is 5.91 Å². The number of piperazine rings is 1. The molecule has 0 saturated carbocycles. The van der Waals surface area contributed by atoms with Gasteiger partial charge in [0.15, 0.2) is 0 Å². The van der Waals surface area contributed by atoms with E-state index in [1.54, 1.807) is 36.7 Å². The number of hydrogen-bond donors (Lipinski definition) is 1. The normalized spacial score (nSPS) is 14.6. The number of ether oxygens (including phenoxy) is 1. The molecule has 11 heteroatoms. The molecule has 0 atom stereocenters. The SMILES string of the molecule is CN1CCN(Cc2ccc(NC(=O)c3cccc(Oc4cc(-c5ccncc5)nc5c4ccn5C)c3)cc2C(F)(F)F)CC1. The minimum absolute atomic E-state index is 0.0675. The third-order valence-electron chi connectivity index (χ3n) is 7.76. The number of halogens is 3. The molecule has 0 spiro atoms. The maximum atomic E-state index is 14.0. The molecule has 1 aliphatic heterocycles. The highest BCUT2D eigenvalue weighted by Crippen LogP contribution is 2.36. The number of amides is 1. The summed E-state index contributed by atoms with van der Waals surface area (Å²) < 4.78 is 50.3. The first-order chi connectivity index (χ1) is 21.1. The molecule has 8 nitrogen and oxygen atoms in total. The van der Waals surface area contributed by atoms with Gasteiger partial charge in [0.1, 0.15) is 17.1 Å².